The number of aromatic hydroxyl groups is 2. The van der Waals surface area contributed by atoms with Crippen molar-refractivity contribution in [2.24, 2.45) is 5.73 Å². The van der Waals surface area contributed by atoms with E-state index in [0.717, 1.165) is 12.8 Å². The number of benzene rings is 1. The first kappa shape index (κ1) is 10.7. The zero-order chi connectivity index (χ0) is 11.2. The highest BCUT2D eigenvalue weighted by Gasteiger charge is 2.39. The van der Waals surface area contributed by atoms with Gasteiger partial charge in [0.25, 0.3) is 0 Å². The molecule has 0 aliphatic heterocycles. The van der Waals surface area contributed by atoms with Crippen LogP contribution in [0, 0.1) is 5.82 Å². The molecule has 3 nitrogen and oxygen atoms in total. The summed E-state index contributed by atoms with van der Waals surface area (Å²) in [6, 6.07) is 1.46. The van der Waals surface area contributed by atoms with Crippen molar-refractivity contribution >= 4 is 15.9 Å². The van der Waals surface area contributed by atoms with E-state index in [0.29, 0.717) is 12.0 Å². The van der Waals surface area contributed by atoms with Gasteiger partial charge in [0, 0.05) is 11.1 Å². The van der Waals surface area contributed by atoms with Crippen LogP contribution in [0.2, 0.25) is 0 Å². The van der Waals surface area contributed by atoms with E-state index in [4.69, 9.17) is 5.73 Å². The Labute approximate surface area is 94.8 Å². The maximum Gasteiger partial charge on any atom is 0.195 e. The Morgan fingerprint density at radius 2 is 2.00 bits per heavy atom. The molecule has 5 heteroatoms. The third-order valence-electron chi connectivity index (χ3n) is 2.68. The summed E-state index contributed by atoms with van der Waals surface area (Å²) in [5, 5.41) is 18.8. The van der Waals surface area contributed by atoms with E-state index in [1.807, 2.05) is 0 Å². The molecule has 0 heterocycles. The Kier molecular flexibility index (Phi) is 2.39. The predicted octanol–water partition coefficient (Wildman–Crippen LogP) is 2.03. The Bertz CT molecular complexity index is 418. The number of hydrogen-bond donors (Lipinski definition) is 3. The van der Waals surface area contributed by atoms with Crippen molar-refractivity contribution in [3.63, 3.8) is 0 Å². The molecule has 1 saturated carbocycles. The van der Waals surface area contributed by atoms with Gasteiger partial charge in [0.15, 0.2) is 17.3 Å². The van der Waals surface area contributed by atoms with Crippen LogP contribution in [-0.4, -0.2) is 15.8 Å². The Morgan fingerprint density at radius 3 is 2.53 bits per heavy atom. The molecule has 1 aliphatic carbocycles. The van der Waals surface area contributed by atoms with Gasteiger partial charge in [-0.25, -0.2) is 4.39 Å². The molecule has 0 atom stereocenters. The smallest absolute Gasteiger partial charge is 0.195 e. The van der Waals surface area contributed by atoms with Gasteiger partial charge in [-0.3, -0.25) is 0 Å². The zero-order valence-electron chi connectivity index (χ0n) is 7.93. The second-order valence-corrected chi connectivity index (χ2v) is 4.92. The standard InChI is InChI=1S/C10H11BrFNO2/c11-6-3-5(4-10(13)1-2-10)8(14)9(15)7(6)12/h3,14-15H,1-2,4,13H2. The summed E-state index contributed by atoms with van der Waals surface area (Å²) in [5.41, 5.74) is 6.07. The Morgan fingerprint density at radius 1 is 1.40 bits per heavy atom. The van der Waals surface area contributed by atoms with E-state index in [9.17, 15) is 14.6 Å². The molecule has 0 saturated heterocycles. The lowest BCUT2D eigenvalue weighted by Crippen LogP contribution is -2.24. The fourth-order valence-corrected chi connectivity index (χ4v) is 1.97. The molecule has 2 rings (SSSR count). The van der Waals surface area contributed by atoms with Crippen LogP contribution in [0.5, 0.6) is 11.5 Å². The minimum absolute atomic E-state index is 0.136. The summed E-state index contributed by atoms with van der Waals surface area (Å²) < 4.78 is 13.3. The fourth-order valence-electron chi connectivity index (χ4n) is 1.51. The maximum atomic E-state index is 13.1. The SMILES string of the molecule is NC1(Cc2cc(Br)c(F)c(O)c2O)CC1. The van der Waals surface area contributed by atoms with Crippen molar-refractivity contribution in [3.8, 4) is 11.5 Å². The van der Waals surface area contributed by atoms with Crippen molar-refractivity contribution in [1.82, 2.24) is 0 Å². The van der Waals surface area contributed by atoms with E-state index in [-0.39, 0.29) is 10.0 Å². The fraction of sp³-hybridized carbons (Fsp3) is 0.400. The van der Waals surface area contributed by atoms with Crippen LogP contribution in [-0.2, 0) is 6.42 Å². The molecule has 0 aromatic heterocycles. The van der Waals surface area contributed by atoms with Crippen molar-refractivity contribution in [1.29, 1.82) is 0 Å². The van der Waals surface area contributed by atoms with Gasteiger partial charge < -0.3 is 15.9 Å². The Balaban J connectivity index is 2.39. The molecular formula is C10H11BrFNO2. The number of hydrogen-bond acceptors (Lipinski definition) is 3. The molecule has 0 amide bonds. The molecule has 1 aromatic rings. The van der Waals surface area contributed by atoms with Crippen LogP contribution in [0.4, 0.5) is 4.39 Å². The summed E-state index contributed by atoms with van der Waals surface area (Å²) >= 11 is 2.97. The van der Waals surface area contributed by atoms with E-state index in [1.165, 1.54) is 6.07 Å². The molecule has 15 heavy (non-hydrogen) atoms. The van der Waals surface area contributed by atoms with Crippen molar-refractivity contribution < 1.29 is 14.6 Å². The summed E-state index contributed by atoms with van der Waals surface area (Å²) in [7, 11) is 0. The number of phenols is 2. The third kappa shape index (κ3) is 1.94. The zero-order valence-corrected chi connectivity index (χ0v) is 9.51. The molecule has 1 aromatic carbocycles. The lowest BCUT2D eigenvalue weighted by molar-refractivity contribution is 0.372. The average Bonchev–Trinajstić information content (AvgIpc) is 2.89. The highest BCUT2D eigenvalue weighted by atomic mass is 79.9. The third-order valence-corrected chi connectivity index (χ3v) is 3.26. The van der Waals surface area contributed by atoms with Gasteiger partial charge >= 0.3 is 0 Å². The molecule has 0 unspecified atom stereocenters. The largest absolute Gasteiger partial charge is 0.504 e. The molecular weight excluding hydrogens is 265 g/mol. The van der Waals surface area contributed by atoms with Crippen LogP contribution < -0.4 is 5.73 Å². The molecule has 82 valence electrons. The van der Waals surface area contributed by atoms with Crippen molar-refractivity contribution in [2.45, 2.75) is 24.8 Å². The maximum absolute atomic E-state index is 13.1. The van der Waals surface area contributed by atoms with Crippen LogP contribution >= 0.6 is 15.9 Å². The number of halogens is 2. The van der Waals surface area contributed by atoms with Gasteiger partial charge in [-0.2, -0.15) is 0 Å². The average molecular weight is 276 g/mol. The summed E-state index contributed by atoms with van der Waals surface area (Å²) in [6.45, 7) is 0. The minimum atomic E-state index is -0.849. The van der Waals surface area contributed by atoms with Gasteiger partial charge in [-0.15, -0.1) is 0 Å². The predicted molar refractivity (Wildman–Crippen MR) is 57.3 cm³/mol. The molecule has 0 spiro atoms. The molecule has 1 aliphatic rings. The van der Waals surface area contributed by atoms with Gasteiger partial charge in [0.2, 0.25) is 0 Å². The van der Waals surface area contributed by atoms with E-state index < -0.39 is 17.3 Å². The van der Waals surface area contributed by atoms with Crippen LogP contribution in [0.1, 0.15) is 18.4 Å². The highest BCUT2D eigenvalue weighted by molar-refractivity contribution is 9.10. The second-order valence-electron chi connectivity index (χ2n) is 4.07. The van der Waals surface area contributed by atoms with E-state index >= 15 is 0 Å². The first-order valence-corrected chi connectivity index (χ1v) is 5.40. The molecule has 1 fully saturated rings. The van der Waals surface area contributed by atoms with Gasteiger partial charge in [0.1, 0.15) is 0 Å². The number of rotatable bonds is 2. The molecule has 0 bridgehead atoms. The molecule has 4 N–H and O–H groups in total. The van der Waals surface area contributed by atoms with E-state index in [2.05, 4.69) is 15.9 Å². The van der Waals surface area contributed by atoms with Crippen LogP contribution in [0.15, 0.2) is 10.5 Å². The number of phenolic OH excluding ortho intramolecular Hbond substituents is 2. The normalized spacial score (nSPS) is 17.8. The van der Waals surface area contributed by atoms with Crippen LogP contribution in [0.25, 0.3) is 0 Å². The highest BCUT2D eigenvalue weighted by Crippen LogP contribution is 2.42. The first-order valence-electron chi connectivity index (χ1n) is 4.61. The van der Waals surface area contributed by atoms with E-state index in [1.54, 1.807) is 0 Å². The lowest BCUT2D eigenvalue weighted by Gasteiger charge is -2.12. The van der Waals surface area contributed by atoms with Gasteiger partial charge in [-0.05, 0) is 41.3 Å². The van der Waals surface area contributed by atoms with Crippen LogP contribution in [0.3, 0.4) is 0 Å². The van der Waals surface area contributed by atoms with Gasteiger partial charge in [-0.1, -0.05) is 0 Å². The Hall–Kier alpha value is -0.810. The topological polar surface area (TPSA) is 66.5 Å². The first-order chi connectivity index (χ1) is 6.93. The van der Waals surface area contributed by atoms with Gasteiger partial charge in [0.05, 0.1) is 4.47 Å². The second kappa shape index (κ2) is 3.35. The van der Waals surface area contributed by atoms with Crippen molar-refractivity contribution in [2.75, 3.05) is 0 Å². The summed E-state index contributed by atoms with van der Waals surface area (Å²) in [4.78, 5) is 0. The quantitative estimate of drug-likeness (QED) is 0.724. The van der Waals surface area contributed by atoms with Crippen molar-refractivity contribution in [3.05, 3.63) is 21.9 Å². The minimum Gasteiger partial charge on any atom is -0.504 e. The number of nitrogens with two attached hydrogens (primary N) is 1. The monoisotopic (exact) mass is 275 g/mol. The summed E-state index contributed by atoms with van der Waals surface area (Å²) in [6.07, 6.45) is 2.23. The lowest BCUT2D eigenvalue weighted by atomic mass is 10.0. The summed E-state index contributed by atoms with van der Waals surface area (Å²) in [5.74, 6) is -1.98. The molecule has 0 radical (unpaired) electrons.